The zero-order valence-electron chi connectivity index (χ0n) is 15.8. The third kappa shape index (κ3) is 5.21. The van der Waals surface area contributed by atoms with Crippen molar-refractivity contribution in [2.45, 2.75) is 70.5 Å². The van der Waals surface area contributed by atoms with E-state index in [2.05, 4.69) is 16.0 Å². The second-order valence-corrected chi connectivity index (χ2v) is 8.38. The van der Waals surface area contributed by atoms with E-state index in [9.17, 15) is 9.59 Å². The predicted molar refractivity (Wildman–Crippen MR) is 107 cm³/mol. The van der Waals surface area contributed by atoms with E-state index in [-0.39, 0.29) is 35.8 Å². The molecule has 1 saturated carbocycles. The number of fused-ring (bicyclic) bond motifs is 1. The number of carbonyl (C=O) groups excluding carboxylic acids is 2. The monoisotopic (exact) mass is 379 g/mol. The molecule has 6 heteroatoms. The Bertz CT molecular complexity index is 643. The maximum atomic E-state index is 12.6. The normalized spacial score (nSPS) is 25.0. The van der Waals surface area contributed by atoms with Crippen molar-refractivity contribution >= 4 is 29.9 Å². The standard InChI is InChI=1S/C20H29N3O2.ClH/c1-20(2,3)23-18(24)14-8-6-9-15(11-14)21-19(25)17-12-13-7-4-5-10-16(13)22-17;/h6,8-9,11,13,16-17,22H,4-5,7,10,12H2,1-3H3,(H,21,25)(H,23,24);1H. The summed E-state index contributed by atoms with van der Waals surface area (Å²) in [6.45, 7) is 5.84. The minimum atomic E-state index is -0.291. The molecular formula is C20H30ClN3O2. The molecule has 2 aliphatic rings. The molecule has 5 nitrogen and oxygen atoms in total. The van der Waals surface area contributed by atoms with Crippen molar-refractivity contribution in [1.82, 2.24) is 10.6 Å². The van der Waals surface area contributed by atoms with Crippen molar-refractivity contribution < 1.29 is 9.59 Å². The summed E-state index contributed by atoms with van der Waals surface area (Å²) in [5.74, 6) is 0.504. The van der Waals surface area contributed by atoms with Crippen molar-refractivity contribution in [2.24, 2.45) is 5.92 Å². The fourth-order valence-corrected chi connectivity index (χ4v) is 3.90. The van der Waals surface area contributed by atoms with Gasteiger partial charge in [-0.15, -0.1) is 12.4 Å². The minimum Gasteiger partial charge on any atom is -0.347 e. The van der Waals surface area contributed by atoms with Crippen molar-refractivity contribution in [1.29, 1.82) is 0 Å². The number of benzene rings is 1. The molecule has 0 bridgehead atoms. The zero-order chi connectivity index (χ0) is 18.0. The molecule has 1 aliphatic carbocycles. The number of carbonyl (C=O) groups is 2. The van der Waals surface area contributed by atoms with E-state index in [0.717, 1.165) is 6.42 Å². The zero-order valence-corrected chi connectivity index (χ0v) is 16.6. The Kier molecular flexibility index (Phi) is 6.69. The Balaban J connectivity index is 0.00000243. The van der Waals surface area contributed by atoms with Crippen molar-refractivity contribution in [3.63, 3.8) is 0 Å². The van der Waals surface area contributed by atoms with Crippen molar-refractivity contribution in [3.05, 3.63) is 29.8 Å². The molecule has 3 unspecified atom stereocenters. The molecular weight excluding hydrogens is 350 g/mol. The van der Waals surface area contributed by atoms with Crippen LogP contribution in [-0.4, -0.2) is 29.4 Å². The molecule has 26 heavy (non-hydrogen) atoms. The Morgan fingerprint density at radius 1 is 1.15 bits per heavy atom. The fraction of sp³-hybridized carbons (Fsp3) is 0.600. The predicted octanol–water partition coefficient (Wildman–Crippen LogP) is 3.50. The van der Waals surface area contributed by atoms with E-state index >= 15 is 0 Å². The highest BCUT2D eigenvalue weighted by molar-refractivity contribution is 5.98. The Morgan fingerprint density at radius 3 is 2.58 bits per heavy atom. The molecule has 3 rings (SSSR count). The molecule has 2 fully saturated rings. The minimum absolute atomic E-state index is 0. The second kappa shape index (κ2) is 8.40. The topological polar surface area (TPSA) is 70.2 Å². The highest BCUT2D eigenvalue weighted by Crippen LogP contribution is 2.33. The first-order valence-corrected chi connectivity index (χ1v) is 9.31. The van der Waals surface area contributed by atoms with Gasteiger partial charge >= 0.3 is 0 Å². The van der Waals surface area contributed by atoms with E-state index in [1.807, 2.05) is 26.8 Å². The van der Waals surface area contributed by atoms with Gasteiger partial charge in [0.15, 0.2) is 0 Å². The van der Waals surface area contributed by atoms with Gasteiger partial charge < -0.3 is 16.0 Å². The maximum absolute atomic E-state index is 12.6. The van der Waals surface area contributed by atoms with Crippen molar-refractivity contribution in [3.8, 4) is 0 Å². The molecule has 1 aromatic rings. The van der Waals surface area contributed by atoms with Crippen molar-refractivity contribution in [2.75, 3.05) is 5.32 Å². The molecule has 2 amide bonds. The van der Waals surface area contributed by atoms with Crippen LogP contribution >= 0.6 is 12.4 Å². The lowest BCUT2D eigenvalue weighted by molar-refractivity contribution is -0.117. The number of hydrogen-bond acceptors (Lipinski definition) is 3. The lowest BCUT2D eigenvalue weighted by Gasteiger charge is -2.24. The summed E-state index contributed by atoms with van der Waals surface area (Å²) in [5, 5.41) is 9.40. The molecule has 0 radical (unpaired) electrons. The molecule has 1 aromatic carbocycles. The van der Waals surface area contributed by atoms with Gasteiger partial charge in [0.25, 0.3) is 5.91 Å². The van der Waals surface area contributed by atoms with Gasteiger partial charge in [-0.1, -0.05) is 18.9 Å². The van der Waals surface area contributed by atoms with Gasteiger partial charge in [-0.05, 0) is 64.2 Å². The van der Waals surface area contributed by atoms with E-state index in [1.165, 1.54) is 25.7 Å². The van der Waals surface area contributed by atoms with Crippen LogP contribution in [0.15, 0.2) is 24.3 Å². The van der Waals surface area contributed by atoms with Crippen LogP contribution in [0.3, 0.4) is 0 Å². The third-order valence-electron chi connectivity index (χ3n) is 5.06. The SMILES string of the molecule is CC(C)(C)NC(=O)c1cccc(NC(=O)C2CC3CCCCC3N2)c1.Cl. The van der Waals surface area contributed by atoms with Gasteiger partial charge in [0.2, 0.25) is 5.91 Å². The number of hydrogen-bond donors (Lipinski definition) is 3. The maximum Gasteiger partial charge on any atom is 0.251 e. The number of amides is 2. The molecule has 1 aliphatic heterocycles. The van der Waals surface area contributed by atoms with Crippen LogP contribution in [0.1, 0.15) is 63.2 Å². The average Bonchev–Trinajstić information content (AvgIpc) is 2.98. The first kappa shape index (κ1) is 20.7. The summed E-state index contributed by atoms with van der Waals surface area (Å²) in [7, 11) is 0. The number of rotatable bonds is 3. The number of anilines is 1. The summed E-state index contributed by atoms with van der Waals surface area (Å²) in [4.78, 5) is 24.9. The Labute approximate surface area is 162 Å². The molecule has 144 valence electrons. The molecule has 0 spiro atoms. The summed E-state index contributed by atoms with van der Waals surface area (Å²) >= 11 is 0. The molecule has 3 atom stereocenters. The van der Waals surface area contributed by atoms with E-state index in [4.69, 9.17) is 0 Å². The Morgan fingerprint density at radius 2 is 1.88 bits per heavy atom. The highest BCUT2D eigenvalue weighted by Gasteiger charge is 2.38. The lowest BCUT2D eigenvalue weighted by Crippen LogP contribution is -2.41. The smallest absolute Gasteiger partial charge is 0.251 e. The van der Waals surface area contributed by atoms with Crippen LogP contribution in [0.5, 0.6) is 0 Å². The lowest BCUT2D eigenvalue weighted by atomic mass is 9.85. The quantitative estimate of drug-likeness (QED) is 0.752. The van der Waals surface area contributed by atoms with Gasteiger partial charge in [0, 0.05) is 22.8 Å². The summed E-state index contributed by atoms with van der Waals surface area (Å²) in [6, 6.07) is 7.50. The van der Waals surface area contributed by atoms with Gasteiger partial charge in [-0.25, -0.2) is 0 Å². The first-order valence-electron chi connectivity index (χ1n) is 9.31. The van der Waals surface area contributed by atoms with Crippen LogP contribution in [0, 0.1) is 5.92 Å². The third-order valence-corrected chi connectivity index (χ3v) is 5.06. The molecule has 1 saturated heterocycles. The highest BCUT2D eigenvalue weighted by atomic mass is 35.5. The molecule has 3 N–H and O–H groups in total. The average molecular weight is 380 g/mol. The van der Waals surface area contributed by atoms with Gasteiger partial charge in [0.1, 0.15) is 0 Å². The second-order valence-electron chi connectivity index (χ2n) is 8.38. The van der Waals surface area contributed by atoms with Crippen LogP contribution < -0.4 is 16.0 Å². The van der Waals surface area contributed by atoms with E-state index < -0.39 is 0 Å². The largest absolute Gasteiger partial charge is 0.347 e. The van der Waals surface area contributed by atoms with Crippen LogP contribution in [0.25, 0.3) is 0 Å². The summed E-state index contributed by atoms with van der Waals surface area (Å²) in [6.07, 6.45) is 5.86. The number of nitrogens with one attached hydrogen (secondary N) is 3. The van der Waals surface area contributed by atoms with Crippen LogP contribution in [0.2, 0.25) is 0 Å². The molecule has 1 heterocycles. The Hall–Kier alpha value is -1.59. The first-order chi connectivity index (χ1) is 11.8. The van der Waals surface area contributed by atoms with Gasteiger partial charge in [0.05, 0.1) is 6.04 Å². The van der Waals surface area contributed by atoms with E-state index in [0.29, 0.717) is 23.2 Å². The van der Waals surface area contributed by atoms with Gasteiger partial charge in [-0.2, -0.15) is 0 Å². The van der Waals surface area contributed by atoms with Crippen LogP contribution in [-0.2, 0) is 4.79 Å². The molecule has 0 aromatic heterocycles. The summed E-state index contributed by atoms with van der Waals surface area (Å²) < 4.78 is 0. The van der Waals surface area contributed by atoms with Crippen LogP contribution in [0.4, 0.5) is 5.69 Å². The summed E-state index contributed by atoms with van der Waals surface area (Å²) in [5.41, 5.74) is 0.935. The fourth-order valence-electron chi connectivity index (χ4n) is 3.90. The van der Waals surface area contributed by atoms with E-state index in [1.54, 1.807) is 18.2 Å². The van der Waals surface area contributed by atoms with Gasteiger partial charge in [-0.3, -0.25) is 9.59 Å². The number of halogens is 1.